The van der Waals surface area contributed by atoms with E-state index in [1.807, 2.05) is 25.1 Å². The van der Waals surface area contributed by atoms with Gasteiger partial charge in [-0.15, -0.1) is 0 Å². The molecule has 2 heterocycles. The minimum atomic E-state index is -4.07. The highest BCUT2D eigenvalue weighted by atomic mass is 32.2. The third-order valence-corrected chi connectivity index (χ3v) is 7.79. The zero-order valence-electron chi connectivity index (χ0n) is 19.0. The van der Waals surface area contributed by atoms with Crippen molar-refractivity contribution in [3.63, 3.8) is 0 Å². The molecule has 180 valence electrons. The van der Waals surface area contributed by atoms with Crippen LogP contribution in [0.3, 0.4) is 0 Å². The Labute approximate surface area is 201 Å². The van der Waals surface area contributed by atoms with E-state index in [0.29, 0.717) is 28.1 Å². The predicted octanol–water partition coefficient (Wildman–Crippen LogP) is 4.35. The second-order valence-corrected chi connectivity index (χ2v) is 10.3. The van der Waals surface area contributed by atoms with Crippen LogP contribution in [0.5, 0.6) is 11.5 Å². The normalized spacial score (nSPS) is 13.0. The number of nitrogens with zero attached hydrogens (tertiary/aromatic N) is 1. The molecule has 0 saturated carbocycles. The van der Waals surface area contributed by atoms with Gasteiger partial charge in [0, 0.05) is 24.2 Å². The van der Waals surface area contributed by atoms with Gasteiger partial charge in [0.2, 0.25) is 16.8 Å². The number of ether oxygens (including phenoxy) is 2. The van der Waals surface area contributed by atoms with Crippen LogP contribution in [0.15, 0.2) is 76.4 Å². The lowest BCUT2D eigenvalue weighted by molar-refractivity contribution is 0.174. The maximum atomic E-state index is 13.6. The molecular formula is C26H23FN2O5S. The van der Waals surface area contributed by atoms with Gasteiger partial charge in [-0.25, -0.2) is 12.8 Å². The Morgan fingerprint density at radius 1 is 0.914 bits per heavy atom. The summed E-state index contributed by atoms with van der Waals surface area (Å²) in [5, 5.41) is 0.821. The number of aromatic amines is 1. The van der Waals surface area contributed by atoms with Crippen molar-refractivity contribution in [2.45, 2.75) is 31.3 Å². The molecule has 9 heteroatoms. The molecule has 1 N–H and O–H groups in total. The standard InChI is InChI=1S/C26H23FN2O5S/c1-2-17-3-9-23-19(11-17)13-20(26(30)28-23)15-29(35(31,32)22-7-5-21(27)6-8-22)14-18-4-10-24-25(12-18)34-16-33-24/h3-13H,2,14-16H2,1H3,(H,28,30). The molecule has 0 amide bonds. The fraction of sp³-hybridized carbons (Fsp3) is 0.192. The summed E-state index contributed by atoms with van der Waals surface area (Å²) in [6.45, 7) is 1.94. The molecule has 0 fully saturated rings. The van der Waals surface area contributed by atoms with Gasteiger partial charge in [0.05, 0.1) is 4.90 Å². The van der Waals surface area contributed by atoms with Crippen LogP contribution in [0.2, 0.25) is 0 Å². The van der Waals surface area contributed by atoms with E-state index < -0.39 is 15.8 Å². The van der Waals surface area contributed by atoms with Gasteiger partial charge >= 0.3 is 0 Å². The highest BCUT2D eigenvalue weighted by Gasteiger charge is 2.27. The molecule has 4 aromatic rings. The van der Waals surface area contributed by atoms with Crippen molar-refractivity contribution >= 4 is 20.9 Å². The van der Waals surface area contributed by atoms with Crippen LogP contribution in [-0.4, -0.2) is 24.5 Å². The minimum Gasteiger partial charge on any atom is -0.454 e. The second-order valence-electron chi connectivity index (χ2n) is 8.31. The highest BCUT2D eigenvalue weighted by Crippen LogP contribution is 2.33. The number of pyridine rings is 1. The molecule has 35 heavy (non-hydrogen) atoms. The third kappa shape index (κ3) is 4.65. The maximum absolute atomic E-state index is 13.6. The van der Waals surface area contributed by atoms with Gasteiger partial charge in [-0.3, -0.25) is 4.79 Å². The molecule has 7 nitrogen and oxygen atoms in total. The van der Waals surface area contributed by atoms with Crippen LogP contribution in [0.25, 0.3) is 10.9 Å². The Hall–Kier alpha value is -3.69. The topological polar surface area (TPSA) is 88.7 Å². The molecule has 0 aliphatic carbocycles. The van der Waals surface area contributed by atoms with E-state index in [1.165, 1.54) is 16.4 Å². The number of H-pyrrole nitrogens is 1. The first-order valence-electron chi connectivity index (χ1n) is 11.1. The minimum absolute atomic E-state index is 0.0250. The van der Waals surface area contributed by atoms with Crippen molar-refractivity contribution in [3.05, 3.63) is 99.6 Å². The van der Waals surface area contributed by atoms with E-state index in [1.54, 1.807) is 24.3 Å². The Kier molecular flexibility index (Phi) is 6.04. The molecule has 5 rings (SSSR count). The molecule has 3 aromatic carbocycles. The molecule has 0 saturated heterocycles. The van der Waals surface area contributed by atoms with Crippen LogP contribution in [-0.2, 0) is 29.5 Å². The van der Waals surface area contributed by atoms with Crippen molar-refractivity contribution in [3.8, 4) is 11.5 Å². The lowest BCUT2D eigenvalue weighted by Gasteiger charge is -2.22. The largest absolute Gasteiger partial charge is 0.454 e. The van der Waals surface area contributed by atoms with Crippen molar-refractivity contribution in [2.24, 2.45) is 0 Å². The molecule has 0 atom stereocenters. The van der Waals surface area contributed by atoms with Crippen LogP contribution >= 0.6 is 0 Å². The monoisotopic (exact) mass is 494 g/mol. The molecule has 1 aliphatic heterocycles. The SMILES string of the molecule is CCc1ccc2[nH]c(=O)c(CN(Cc3ccc4c(c3)OCO4)S(=O)(=O)c3ccc(F)cc3)cc2c1. The smallest absolute Gasteiger partial charge is 0.252 e. The summed E-state index contributed by atoms with van der Waals surface area (Å²) < 4.78 is 52.6. The van der Waals surface area contributed by atoms with Crippen LogP contribution in [0.1, 0.15) is 23.6 Å². The van der Waals surface area contributed by atoms with E-state index in [9.17, 15) is 17.6 Å². The highest BCUT2D eigenvalue weighted by molar-refractivity contribution is 7.89. The first-order chi connectivity index (χ1) is 16.8. The van der Waals surface area contributed by atoms with Gasteiger partial charge in [-0.05, 0) is 77.5 Å². The number of benzene rings is 3. The van der Waals surface area contributed by atoms with E-state index >= 15 is 0 Å². The third-order valence-electron chi connectivity index (χ3n) is 5.99. The first-order valence-corrected chi connectivity index (χ1v) is 12.6. The first kappa shape index (κ1) is 23.1. The molecule has 0 spiro atoms. The zero-order valence-corrected chi connectivity index (χ0v) is 19.8. The van der Waals surface area contributed by atoms with Gasteiger partial charge in [0.25, 0.3) is 5.56 Å². The van der Waals surface area contributed by atoms with E-state index in [2.05, 4.69) is 4.98 Å². The summed E-state index contributed by atoms with van der Waals surface area (Å²) in [5.41, 5.74) is 2.38. The van der Waals surface area contributed by atoms with Crippen LogP contribution in [0.4, 0.5) is 4.39 Å². The van der Waals surface area contributed by atoms with Gasteiger partial charge in [0.15, 0.2) is 11.5 Å². The van der Waals surface area contributed by atoms with Gasteiger partial charge in [-0.1, -0.05) is 19.1 Å². The quantitative estimate of drug-likeness (QED) is 0.413. The Bertz CT molecular complexity index is 1570. The molecule has 1 aromatic heterocycles. The van der Waals surface area contributed by atoms with Crippen molar-refractivity contribution in [1.82, 2.24) is 9.29 Å². The van der Waals surface area contributed by atoms with E-state index in [0.717, 1.165) is 29.5 Å². The number of nitrogens with one attached hydrogen (secondary N) is 1. The number of rotatable bonds is 7. The van der Waals surface area contributed by atoms with E-state index in [-0.39, 0.29) is 30.3 Å². The fourth-order valence-corrected chi connectivity index (χ4v) is 5.46. The maximum Gasteiger partial charge on any atom is 0.252 e. The average molecular weight is 495 g/mol. The van der Waals surface area contributed by atoms with Crippen LogP contribution < -0.4 is 15.0 Å². The van der Waals surface area contributed by atoms with Gasteiger partial charge in [0.1, 0.15) is 5.82 Å². The average Bonchev–Trinajstić information content (AvgIpc) is 3.32. The summed E-state index contributed by atoms with van der Waals surface area (Å²) in [6, 6.07) is 17.3. The lowest BCUT2D eigenvalue weighted by Crippen LogP contribution is -2.32. The number of fused-ring (bicyclic) bond motifs is 2. The molecule has 0 unspecified atom stereocenters. The second kappa shape index (κ2) is 9.16. The van der Waals surface area contributed by atoms with Crippen molar-refractivity contribution < 1.29 is 22.3 Å². The lowest BCUT2D eigenvalue weighted by atomic mass is 10.1. The molecule has 0 radical (unpaired) electrons. The molecule has 0 bridgehead atoms. The van der Waals surface area contributed by atoms with Crippen molar-refractivity contribution in [1.29, 1.82) is 0 Å². The summed E-state index contributed by atoms with van der Waals surface area (Å²) in [6.07, 6.45) is 0.833. The Morgan fingerprint density at radius 3 is 2.43 bits per heavy atom. The Balaban J connectivity index is 1.56. The number of hydrogen-bond donors (Lipinski definition) is 1. The zero-order chi connectivity index (χ0) is 24.6. The number of halogens is 1. The predicted molar refractivity (Wildman–Crippen MR) is 129 cm³/mol. The van der Waals surface area contributed by atoms with Gasteiger partial charge < -0.3 is 14.5 Å². The number of sulfonamides is 1. The van der Waals surface area contributed by atoms with E-state index in [4.69, 9.17) is 9.47 Å². The summed E-state index contributed by atoms with van der Waals surface area (Å²) >= 11 is 0. The van der Waals surface area contributed by atoms with Crippen LogP contribution in [0, 0.1) is 5.82 Å². The fourth-order valence-electron chi connectivity index (χ4n) is 4.05. The Morgan fingerprint density at radius 2 is 1.66 bits per heavy atom. The summed E-state index contributed by atoms with van der Waals surface area (Å²) in [5.74, 6) is 0.570. The number of aromatic nitrogens is 1. The summed E-state index contributed by atoms with van der Waals surface area (Å²) in [4.78, 5) is 15.7. The number of hydrogen-bond acceptors (Lipinski definition) is 5. The van der Waals surface area contributed by atoms with Gasteiger partial charge in [-0.2, -0.15) is 4.31 Å². The summed E-state index contributed by atoms with van der Waals surface area (Å²) in [7, 11) is -4.07. The number of aryl methyl sites for hydroxylation is 1. The molecule has 1 aliphatic rings. The molecular weight excluding hydrogens is 471 g/mol. The van der Waals surface area contributed by atoms with Crippen molar-refractivity contribution in [2.75, 3.05) is 6.79 Å².